The van der Waals surface area contributed by atoms with Crippen molar-refractivity contribution in [3.05, 3.63) is 47.7 Å². The molecule has 0 spiro atoms. The van der Waals surface area contributed by atoms with Gasteiger partial charge in [0.2, 0.25) is 5.88 Å². The maximum atomic E-state index is 5.45. The quantitative estimate of drug-likeness (QED) is 0.810. The third-order valence-electron chi connectivity index (χ3n) is 2.12. The van der Waals surface area contributed by atoms with E-state index in [1.54, 1.807) is 6.07 Å². The molecule has 0 aliphatic rings. The van der Waals surface area contributed by atoms with Crippen LogP contribution in [0.1, 0.15) is 18.2 Å². The van der Waals surface area contributed by atoms with Crippen LogP contribution in [0.25, 0.3) is 11.6 Å². The van der Waals surface area contributed by atoms with Gasteiger partial charge in [-0.05, 0) is 24.1 Å². The number of hydrogen-bond acceptors (Lipinski definition) is 3. The molecule has 0 saturated carbocycles. The summed E-state index contributed by atoms with van der Waals surface area (Å²) in [5, 5.41) is 3.84. The van der Waals surface area contributed by atoms with Gasteiger partial charge < -0.3 is 10.3 Å². The number of rotatable bonds is 2. The lowest BCUT2D eigenvalue weighted by Crippen LogP contribution is -1.79. The van der Waals surface area contributed by atoms with Crippen LogP contribution in [0.15, 0.2) is 40.9 Å². The van der Waals surface area contributed by atoms with Crippen LogP contribution in [-0.2, 0) is 0 Å². The van der Waals surface area contributed by atoms with Gasteiger partial charge in [-0.1, -0.05) is 35.5 Å². The molecule has 2 aromatic rings. The van der Waals surface area contributed by atoms with Crippen molar-refractivity contribution in [2.24, 2.45) is 0 Å². The molecule has 0 radical (unpaired) electrons. The molecule has 1 aromatic carbocycles. The van der Waals surface area contributed by atoms with E-state index in [4.69, 9.17) is 10.3 Å². The minimum Gasteiger partial charge on any atom is -0.368 e. The fraction of sp³-hybridized carbons (Fsp3) is 0.0833. The molecular weight excluding hydrogens is 188 g/mol. The van der Waals surface area contributed by atoms with E-state index in [9.17, 15) is 0 Å². The molecule has 1 aromatic heterocycles. The maximum absolute atomic E-state index is 5.45. The monoisotopic (exact) mass is 200 g/mol. The Morgan fingerprint density at radius 2 is 2.07 bits per heavy atom. The van der Waals surface area contributed by atoms with E-state index in [1.165, 1.54) is 0 Å². The average Bonchev–Trinajstić information content (AvgIpc) is 2.66. The molecule has 2 rings (SSSR count). The predicted molar refractivity (Wildman–Crippen MR) is 60.9 cm³/mol. The van der Waals surface area contributed by atoms with Crippen molar-refractivity contribution < 1.29 is 4.52 Å². The largest absolute Gasteiger partial charge is 0.368 e. The minimum atomic E-state index is 0.339. The topological polar surface area (TPSA) is 52.0 Å². The van der Waals surface area contributed by atoms with E-state index < -0.39 is 0 Å². The first-order valence-corrected chi connectivity index (χ1v) is 4.71. The highest BCUT2D eigenvalue weighted by atomic mass is 16.5. The predicted octanol–water partition coefficient (Wildman–Crippen LogP) is 2.82. The van der Waals surface area contributed by atoms with Crippen molar-refractivity contribution in [1.29, 1.82) is 0 Å². The van der Waals surface area contributed by atoms with Crippen molar-refractivity contribution in [2.75, 3.05) is 5.73 Å². The number of benzene rings is 1. The van der Waals surface area contributed by atoms with Crippen molar-refractivity contribution in [1.82, 2.24) is 5.16 Å². The zero-order chi connectivity index (χ0) is 10.7. The molecule has 0 unspecified atom stereocenters. The molecule has 0 saturated heterocycles. The SMILES string of the molecule is C/C(=C\c1ccccc1)c1cc(N)on1. The summed E-state index contributed by atoms with van der Waals surface area (Å²) in [5.74, 6) is 0.339. The van der Waals surface area contributed by atoms with E-state index in [0.717, 1.165) is 16.8 Å². The summed E-state index contributed by atoms with van der Waals surface area (Å²) < 4.78 is 4.81. The van der Waals surface area contributed by atoms with Crippen molar-refractivity contribution in [3.63, 3.8) is 0 Å². The highest BCUT2D eigenvalue weighted by Crippen LogP contribution is 2.18. The Hall–Kier alpha value is -2.03. The van der Waals surface area contributed by atoms with Crippen LogP contribution >= 0.6 is 0 Å². The van der Waals surface area contributed by atoms with Crippen LogP contribution in [-0.4, -0.2) is 5.16 Å². The third-order valence-corrected chi connectivity index (χ3v) is 2.12. The van der Waals surface area contributed by atoms with Crippen molar-refractivity contribution in [2.45, 2.75) is 6.92 Å². The second-order valence-electron chi connectivity index (χ2n) is 3.35. The molecule has 0 aliphatic carbocycles. The van der Waals surface area contributed by atoms with Crippen LogP contribution in [0.2, 0.25) is 0 Å². The molecule has 0 amide bonds. The van der Waals surface area contributed by atoms with Gasteiger partial charge in [0.15, 0.2) is 0 Å². The maximum Gasteiger partial charge on any atom is 0.222 e. The zero-order valence-corrected chi connectivity index (χ0v) is 8.47. The first-order chi connectivity index (χ1) is 7.25. The molecule has 15 heavy (non-hydrogen) atoms. The standard InChI is InChI=1S/C12H12N2O/c1-9(11-8-12(13)15-14-11)7-10-5-3-2-4-6-10/h2-8H,13H2,1H3/b9-7+. The number of nitrogen functional groups attached to an aromatic ring is 1. The van der Waals surface area contributed by atoms with Gasteiger partial charge in [0, 0.05) is 6.07 Å². The highest BCUT2D eigenvalue weighted by Gasteiger charge is 2.02. The molecule has 0 bridgehead atoms. The van der Waals surface area contributed by atoms with Crippen LogP contribution in [0, 0.1) is 0 Å². The number of nitrogens with two attached hydrogens (primary N) is 1. The van der Waals surface area contributed by atoms with Gasteiger partial charge >= 0.3 is 0 Å². The summed E-state index contributed by atoms with van der Waals surface area (Å²) in [7, 11) is 0. The first-order valence-electron chi connectivity index (χ1n) is 4.71. The molecule has 0 atom stereocenters. The average molecular weight is 200 g/mol. The van der Waals surface area contributed by atoms with E-state index in [-0.39, 0.29) is 0 Å². The van der Waals surface area contributed by atoms with E-state index in [2.05, 4.69) is 5.16 Å². The lowest BCUT2D eigenvalue weighted by Gasteiger charge is -1.95. The summed E-state index contributed by atoms with van der Waals surface area (Å²) in [5.41, 5.74) is 8.39. The number of anilines is 1. The molecule has 1 heterocycles. The Bertz CT molecular complexity index is 471. The molecule has 76 valence electrons. The van der Waals surface area contributed by atoms with Crippen molar-refractivity contribution in [3.8, 4) is 0 Å². The first kappa shape index (κ1) is 9.52. The molecular formula is C12H12N2O. The molecule has 0 aliphatic heterocycles. The zero-order valence-electron chi connectivity index (χ0n) is 8.47. The Labute approximate surface area is 88.2 Å². The fourth-order valence-electron chi connectivity index (χ4n) is 1.35. The van der Waals surface area contributed by atoms with Crippen LogP contribution < -0.4 is 5.73 Å². The number of allylic oxidation sites excluding steroid dienone is 1. The summed E-state index contributed by atoms with van der Waals surface area (Å²) in [6.45, 7) is 1.98. The normalized spacial score (nSPS) is 11.7. The molecule has 3 nitrogen and oxygen atoms in total. The number of hydrogen-bond donors (Lipinski definition) is 1. The summed E-state index contributed by atoms with van der Waals surface area (Å²) >= 11 is 0. The van der Waals surface area contributed by atoms with Gasteiger partial charge in [0.25, 0.3) is 0 Å². The van der Waals surface area contributed by atoms with Crippen LogP contribution in [0.5, 0.6) is 0 Å². The molecule has 0 fully saturated rings. The fourth-order valence-corrected chi connectivity index (χ4v) is 1.35. The highest BCUT2D eigenvalue weighted by molar-refractivity contribution is 5.78. The Balaban J connectivity index is 2.28. The van der Waals surface area contributed by atoms with Crippen LogP contribution in [0.3, 0.4) is 0 Å². The van der Waals surface area contributed by atoms with Gasteiger partial charge in [0.05, 0.1) is 0 Å². The van der Waals surface area contributed by atoms with Gasteiger partial charge in [-0.3, -0.25) is 0 Å². The third kappa shape index (κ3) is 2.26. The van der Waals surface area contributed by atoms with Crippen LogP contribution in [0.4, 0.5) is 5.88 Å². The minimum absolute atomic E-state index is 0.339. The van der Waals surface area contributed by atoms with E-state index in [0.29, 0.717) is 5.88 Å². The summed E-state index contributed by atoms with van der Waals surface area (Å²) in [6, 6.07) is 11.8. The van der Waals surface area contributed by atoms with E-state index >= 15 is 0 Å². The van der Waals surface area contributed by atoms with Gasteiger partial charge in [-0.15, -0.1) is 0 Å². The number of aromatic nitrogens is 1. The molecule has 3 heteroatoms. The number of nitrogens with zero attached hydrogens (tertiary/aromatic N) is 1. The summed E-state index contributed by atoms with van der Waals surface area (Å²) in [6.07, 6.45) is 2.04. The van der Waals surface area contributed by atoms with Crippen molar-refractivity contribution >= 4 is 17.5 Å². The second-order valence-corrected chi connectivity index (χ2v) is 3.35. The lowest BCUT2D eigenvalue weighted by atomic mass is 10.1. The Morgan fingerprint density at radius 1 is 1.33 bits per heavy atom. The van der Waals surface area contributed by atoms with Gasteiger partial charge in [-0.25, -0.2) is 0 Å². The van der Waals surface area contributed by atoms with Gasteiger partial charge in [0.1, 0.15) is 5.69 Å². The summed E-state index contributed by atoms with van der Waals surface area (Å²) in [4.78, 5) is 0. The van der Waals surface area contributed by atoms with E-state index in [1.807, 2.05) is 43.3 Å². The second kappa shape index (κ2) is 4.00. The lowest BCUT2D eigenvalue weighted by molar-refractivity contribution is 0.434. The van der Waals surface area contributed by atoms with Gasteiger partial charge in [-0.2, -0.15) is 0 Å². The smallest absolute Gasteiger partial charge is 0.222 e. The Kier molecular flexibility index (Phi) is 2.54. The molecule has 2 N–H and O–H groups in total. The Morgan fingerprint density at radius 3 is 2.67 bits per heavy atom.